The van der Waals surface area contributed by atoms with Gasteiger partial charge < -0.3 is 20.0 Å². The average molecular weight is 409 g/mol. The zero-order chi connectivity index (χ0) is 20.3. The first kappa shape index (κ1) is 20.1. The molecule has 3 rings (SSSR count). The normalized spacial score (nSPS) is 14.8. The molecule has 1 fully saturated rings. The lowest BCUT2D eigenvalue weighted by atomic mass is 9.99. The lowest BCUT2D eigenvalue weighted by molar-refractivity contribution is 0.0690. The SMILES string of the molecule is Cc1oc(CNC(=O)Nc2cccc(Cl)c2F)nc1C(=O)N1CCC(C)CC1. The van der Waals surface area contributed by atoms with Crippen molar-refractivity contribution in [2.45, 2.75) is 33.2 Å². The number of carbonyl (C=O) groups is 2. The summed E-state index contributed by atoms with van der Waals surface area (Å²) in [5.41, 5.74) is 0.219. The van der Waals surface area contributed by atoms with Crippen LogP contribution in [0.5, 0.6) is 0 Å². The first-order valence-electron chi connectivity index (χ1n) is 9.09. The fraction of sp³-hybridized carbons (Fsp3) is 0.421. The van der Waals surface area contributed by atoms with Gasteiger partial charge in [0.2, 0.25) is 5.89 Å². The van der Waals surface area contributed by atoms with Crippen LogP contribution in [0.3, 0.4) is 0 Å². The van der Waals surface area contributed by atoms with Crippen molar-refractivity contribution in [1.29, 1.82) is 0 Å². The van der Waals surface area contributed by atoms with E-state index in [0.29, 0.717) is 24.8 Å². The Hall–Kier alpha value is -2.61. The Morgan fingerprint density at radius 3 is 2.79 bits per heavy atom. The average Bonchev–Trinajstić information content (AvgIpc) is 3.04. The molecule has 0 unspecified atom stereocenters. The van der Waals surface area contributed by atoms with Crippen LogP contribution in [0.1, 0.15) is 41.9 Å². The zero-order valence-corrected chi connectivity index (χ0v) is 16.5. The summed E-state index contributed by atoms with van der Waals surface area (Å²) in [6.45, 7) is 5.20. The number of aromatic nitrogens is 1. The largest absolute Gasteiger partial charge is 0.443 e. The summed E-state index contributed by atoms with van der Waals surface area (Å²) in [7, 11) is 0. The summed E-state index contributed by atoms with van der Waals surface area (Å²) in [5.74, 6) is 0.347. The number of piperidine rings is 1. The Labute approximate surface area is 167 Å². The molecule has 2 aromatic rings. The highest BCUT2D eigenvalue weighted by atomic mass is 35.5. The van der Waals surface area contributed by atoms with Gasteiger partial charge in [-0.25, -0.2) is 14.2 Å². The van der Waals surface area contributed by atoms with Crippen molar-refractivity contribution in [3.63, 3.8) is 0 Å². The molecule has 1 aromatic carbocycles. The van der Waals surface area contributed by atoms with Gasteiger partial charge in [-0.15, -0.1) is 0 Å². The van der Waals surface area contributed by atoms with Gasteiger partial charge in [0, 0.05) is 13.1 Å². The predicted octanol–water partition coefficient (Wildman–Crippen LogP) is 3.97. The zero-order valence-electron chi connectivity index (χ0n) is 15.7. The monoisotopic (exact) mass is 408 g/mol. The summed E-state index contributed by atoms with van der Waals surface area (Å²) in [6.07, 6.45) is 1.94. The van der Waals surface area contributed by atoms with E-state index in [-0.39, 0.29) is 34.7 Å². The molecule has 1 saturated heterocycles. The third-order valence-electron chi connectivity index (χ3n) is 4.71. The second-order valence-corrected chi connectivity index (χ2v) is 7.30. The van der Waals surface area contributed by atoms with Gasteiger partial charge in [-0.2, -0.15) is 0 Å². The van der Waals surface area contributed by atoms with Gasteiger partial charge in [0.1, 0.15) is 5.76 Å². The highest BCUT2D eigenvalue weighted by molar-refractivity contribution is 6.31. The molecule has 0 saturated carbocycles. The van der Waals surface area contributed by atoms with E-state index in [0.717, 1.165) is 12.8 Å². The number of hydrogen-bond acceptors (Lipinski definition) is 4. The van der Waals surface area contributed by atoms with E-state index >= 15 is 0 Å². The first-order valence-corrected chi connectivity index (χ1v) is 9.47. The van der Waals surface area contributed by atoms with E-state index in [2.05, 4.69) is 22.5 Å². The summed E-state index contributed by atoms with van der Waals surface area (Å²) < 4.78 is 19.3. The molecular weight excluding hydrogens is 387 g/mol. The Balaban J connectivity index is 1.58. The number of hydrogen-bond donors (Lipinski definition) is 2. The van der Waals surface area contributed by atoms with Crippen molar-refractivity contribution in [1.82, 2.24) is 15.2 Å². The van der Waals surface area contributed by atoms with Crippen LogP contribution in [0.15, 0.2) is 22.6 Å². The maximum Gasteiger partial charge on any atom is 0.319 e. The minimum Gasteiger partial charge on any atom is -0.443 e. The first-order chi connectivity index (χ1) is 13.3. The second kappa shape index (κ2) is 8.60. The van der Waals surface area contributed by atoms with Crippen molar-refractivity contribution >= 4 is 29.2 Å². The van der Waals surface area contributed by atoms with Crippen LogP contribution in [-0.2, 0) is 6.54 Å². The van der Waals surface area contributed by atoms with Crippen molar-refractivity contribution in [3.05, 3.63) is 46.4 Å². The molecule has 7 nitrogen and oxygen atoms in total. The molecule has 1 aromatic heterocycles. The lowest BCUT2D eigenvalue weighted by Crippen LogP contribution is -2.38. The van der Waals surface area contributed by atoms with Gasteiger partial charge in [0.15, 0.2) is 11.5 Å². The molecule has 2 N–H and O–H groups in total. The van der Waals surface area contributed by atoms with Crippen LogP contribution in [0.2, 0.25) is 5.02 Å². The second-order valence-electron chi connectivity index (χ2n) is 6.90. The van der Waals surface area contributed by atoms with Gasteiger partial charge in [0.25, 0.3) is 5.91 Å². The van der Waals surface area contributed by atoms with Crippen LogP contribution in [0, 0.1) is 18.7 Å². The van der Waals surface area contributed by atoms with Gasteiger partial charge in [-0.1, -0.05) is 24.6 Å². The topological polar surface area (TPSA) is 87.5 Å². The van der Waals surface area contributed by atoms with Gasteiger partial charge in [0.05, 0.1) is 17.3 Å². The quantitative estimate of drug-likeness (QED) is 0.801. The Kier molecular flexibility index (Phi) is 6.18. The van der Waals surface area contributed by atoms with Gasteiger partial charge >= 0.3 is 6.03 Å². The van der Waals surface area contributed by atoms with Crippen LogP contribution < -0.4 is 10.6 Å². The highest BCUT2D eigenvalue weighted by Crippen LogP contribution is 2.22. The number of oxazole rings is 1. The Morgan fingerprint density at radius 1 is 1.36 bits per heavy atom. The maximum absolute atomic E-state index is 13.8. The number of halogens is 2. The van der Waals surface area contributed by atoms with Crippen LogP contribution in [0.25, 0.3) is 0 Å². The third kappa shape index (κ3) is 4.62. The lowest BCUT2D eigenvalue weighted by Gasteiger charge is -2.29. The molecule has 1 aliphatic heterocycles. The fourth-order valence-electron chi connectivity index (χ4n) is 3.01. The smallest absolute Gasteiger partial charge is 0.319 e. The number of nitrogens with zero attached hydrogens (tertiary/aromatic N) is 2. The van der Waals surface area contributed by atoms with Crippen molar-refractivity contribution in [3.8, 4) is 0 Å². The number of rotatable bonds is 4. The minimum atomic E-state index is -0.713. The summed E-state index contributed by atoms with van der Waals surface area (Å²) in [6, 6.07) is 3.66. The molecule has 1 aliphatic rings. The fourth-order valence-corrected chi connectivity index (χ4v) is 3.18. The van der Waals surface area contributed by atoms with Crippen LogP contribution in [-0.4, -0.2) is 34.9 Å². The van der Waals surface area contributed by atoms with Crippen LogP contribution in [0.4, 0.5) is 14.9 Å². The van der Waals surface area contributed by atoms with Gasteiger partial charge in [-0.3, -0.25) is 4.79 Å². The molecule has 9 heteroatoms. The van der Waals surface area contributed by atoms with E-state index in [1.807, 2.05) is 0 Å². The molecule has 150 valence electrons. The number of benzene rings is 1. The van der Waals surface area contributed by atoms with E-state index in [9.17, 15) is 14.0 Å². The molecular formula is C19H22ClFN4O3. The van der Waals surface area contributed by atoms with Gasteiger partial charge in [-0.05, 0) is 37.8 Å². The Bertz CT molecular complexity index is 878. The van der Waals surface area contributed by atoms with Crippen molar-refractivity contribution < 1.29 is 18.4 Å². The number of urea groups is 1. The molecule has 0 radical (unpaired) electrons. The summed E-state index contributed by atoms with van der Waals surface area (Å²) in [5, 5.41) is 4.80. The van der Waals surface area contributed by atoms with E-state index in [1.54, 1.807) is 11.8 Å². The van der Waals surface area contributed by atoms with Crippen molar-refractivity contribution in [2.24, 2.45) is 5.92 Å². The number of aryl methyl sites for hydroxylation is 1. The maximum atomic E-state index is 13.8. The predicted molar refractivity (Wildman–Crippen MR) is 103 cm³/mol. The standard InChI is InChI=1S/C19H22ClFN4O3/c1-11-6-8-25(9-7-11)18(26)17-12(2)28-15(24-17)10-22-19(27)23-14-5-3-4-13(20)16(14)21/h3-5,11H,6-10H2,1-2H3,(H2,22,23,27). The molecule has 28 heavy (non-hydrogen) atoms. The number of carbonyl (C=O) groups excluding carboxylic acids is 2. The highest BCUT2D eigenvalue weighted by Gasteiger charge is 2.26. The molecule has 0 bridgehead atoms. The molecule has 0 atom stereocenters. The summed E-state index contributed by atoms with van der Waals surface area (Å²) >= 11 is 5.68. The van der Waals surface area contributed by atoms with E-state index in [1.165, 1.54) is 18.2 Å². The van der Waals surface area contributed by atoms with E-state index in [4.69, 9.17) is 16.0 Å². The number of likely N-dealkylation sites (tertiary alicyclic amines) is 1. The van der Waals surface area contributed by atoms with Crippen LogP contribution >= 0.6 is 11.6 Å². The molecule has 0 spiro atoms. The molecule has 3 amide bonds. The third-order valence-corrected chi connectivity index (χ3v) is 5.01. The Morgan fingerprint density at radius 2 is 2.07 bits per heavy atom. The number of amides is 3. The van der Waals surface area contributed by atoms with Crippen molar-refractivity contribution in [2.75, 3.05) is 18.4 Å². The van der Waals surface area contributed by atoms with E-state index < -0.39 is 11.8 Å². The molecule has 2 heterocycles. The number of nitrogens with one attached hydrogen (secondary N) is 2. The summed E-state index contributed by atoms with van der Waals surface area (Å²) in [4.78, 5) is 30.6. The number of anilines is 1. The minimum absolute atomic E-state index is 0.0382. The molecule has 0 aliphatic carbocycles.